The van der Waals surface area contributed by atoms with E-state index in [4.69, 9.17) is 0 Å². The minimum absolute atomic E-state index is 0.0331. The van der Waals surface area contributed by atoms with Gasteiger partial charge in [0, 0.05) is 37.1 Å². The van der Waals surface area contributed by atoms with Gasteiger partial charge >= 0.3 is 0 Å². The summed E-state index contributed by atoms with van der Waals surface area (Å²) in [5.41, 5.74) is 2.56. The van der Waals surface area contributed by atoms with Gasteiger partial charge in [0.25, 0.3) is 5.91 Å². The van der Waals surface area contributed by atoms with E-state index in [1.54, 1.807) is 29.7 Å². The van der Waals surface area contributed by atoms with Crippen LogP contribution in [0.5, 0.6) is 0 Å². The average Bonchev–Trinajstić information content (AvgIpc) is 3.54. The maximum absolute atomic E-state index is 13.4. The van der Waals surface area contributed by atoms with Crippen molar-refractivity contribution in [2.24, 2.45) is 5.92 Å². The molecule has 4 heterocycles. The van der Waals surface area contributed by atoms with Crippen LogP contribution in [0.3, 0.4) is 0 Å². The van der Waals surface area contributed by atoms with E-state index in [1.165, 1.54) is 23.5 Å². The molecule has 164 valence electrons. The van der Waals surface area contributed by atoms with Crippen LogP contribution >= 0.6 is 22.7 Å². The van der Waals surface area contributed by atoms with E-state index < -0.39 is 0 Å². The molecule has 1 fully saturated rings. The van der Waals surface area contributed by atoms with E-state index in [2.05, 4.69) is 10.3 Å². The third-order valence-electron chi connectivity index (χ3n) is 5.81. The first-order valence-electron chi connectivity index (χ1n) is 10.4. The first kappa shape index (κ1) is 20.8. The van der Waals surface area contributed by atoms with Gasteiger partial charge in [-0.15, -0.1) is 22.7 Å². The monoisotopic (exact) mass is 468 g/mol. The molecule has 0 radical (unpaired) electrons. The summed E-state index contributed by atoms with van der Waals surface area (Å²) in [6, 6.07) is 10.3. The lowest BCUT2D eigenvalue weighted by atomic mass is 9.96. The Balaban J connectivity index is 1.30. The van der Waals surface area contributed by atoms with Crippen molar-refractivity contribution in [2.75, 3.05) is 18.4 Å². The van der Waals surface area contributed by atoms with Crippen LogP contribution in [0.4, 0.5) is 9.52 Å². The Labute approximate surface area is 192 Å². The molecule has 0 aliphatic carbocycles. The Bertz CT molecular complexity index is 1240. The number of thiazole rings is 1. The number of anilines is 1. The highest BCUT2D eigenvalue weighted by Crippen LogP contribution is 2.29. The van der Waals surface area contributed by atoms with Crippen molar-refractivity contribution < 1.29 is 14.0 Å². The molecular formula is C23H21FN4O2S2. The van der Waals surface area contributed by atoms with Crippen molar-refractivity contribution in [2.45, 2.75) is 19.4 Å². The molecule has 9 heteroatoms. The summed E-state index contributed by atoms with van der Waals surface area (Å²) in [6.45, 7) is 1.56. The highest BCUT2D eigenvalue weighted by Gasteiger charge is 2.30. The van der Waals surface area contributed by atoms with Gasteiger partial charge in [-0.3, -0.25) is 9.59 Å². The number of hydrogen-bond donors (Lipinski definition) is 1. The zero-order chi connectivity index (χ0) is 22.1. The van der Waals surface area contributed by atoms with Gasteiger partial charge in [0.05, 0.1) is 10.2 Å². The number of thiophene rings is 1. The second kappa shape index (κ2) is 8.84. The number of benzene rings is 1. The molecule has 0 unspecified atom stereocenters. The van der Waals surface area contributed by atoms with Crippen LogP contribution in [-0.4, -0.2) is 39.4 Å². The highest BCUT2D eigenvalue weighted by molar-refractivity contribution is 7.17. The number of likely N-dealkylation sites (tertiary alicyclic amines) is 1. The normalized spacial score (nSPS) is 14.7. The minimum Gasteiger partial charge on any atom is -0.337 e. The van der Waals surface area contributed by atoms with E-state index in [0.717, 1.165) is 15.8 Å². The molecular weight excluding hydrogens is 447 g/mol. The van der Waals surface area contributed by atoms with Gasteiger partial charge in [-0.05, 0) is 48.1 Å². The Morgan fingerprint density at radius 3 is 2.59 bits per heavy atom. The third-order valence-corrected chi connectivity index (χ3v) is 7.35. The number of carbonyl (C=O) groups excluding carboxylic acids is 2. The fourth-order valence-corrected chi connectivity index (χ4v) is 5.45. The van der Waals surface area contributed by atoms with Gasteiger partial charge in [-0.25, -0.2) is 9.37 Å². The molecule has 1 aromatic carbocycles. The fraction of sp³-hybridized carbons (Fsp3) is 0.261. The summed E-state index contributed by atoms with van der Waals surface area (Å²) in [6.07, 6.45) is 2.90. The second-order valence-electron chi connectivity index (χ2n) is 7.81. The number of piperidine rings is 1. The van der Waals surface area contributed by atoms with Gasteiger partial charge in [-0.1, -0.05) is 12.1 Å². The van der Waals surface area contributed by atoms with Crippen molar-refractivity contribution in [3.8, 4) is 0 Å². The van der Waals surface area contributed by atoms with Crippen LogP contribution in [0, 0.1) is 11.7 Å². The van der Waals surface area contributed by atoms with E-state index in [9.17, 15) is 14.0 Å². The largest absolute Gasteiger partial charge is 0.337 e. The number of aromatic nitrogens is 2. The standard InChI is InChI=1S/C23H21FN4O2S2/c24-17-3-1-15(2-4-17)14-28-18-7-11-31-20(18)13-19(28)22(30)27-9-5-16(6-10-27)21(29)26-23-25-8-12-32-23/h1-4,7-8,11-13,16H,5-6,9-10,14H2,(H,25,26,29). The predicted molar refractivity (Wildman–Crippen MR) is 125 cm³/mol. The van der Waals surface area contributed by atoms with Crippen LogP contribution in [0.1, 0.15) is 28.9 Å². The number of amides is 2. The van der Waals surface area contributed by atoms with Crippen molar-refractivity contribution >= 4 is 49.8 Å². The molecule has 1 aliphatic rings. The third kappa shape index (κ3) is 4.18. The summed E-state index contributed by atoms with van der Waals surface area (Å²) >= 11 is 2.99. The highest BCUT2D eigenvalue weighted by atomic mass is 32.1. The zero-order valence-electron chi connectivity index (χ0n) is 17.2. The van der Waals surface area contributed by atoms with Gasteiger partial charge in [-0.2, -0.15) is 0 Å². The summed E-state index contributed by atoms with van der Waals surface area (Å²) in [4.78, 5) is 31.8. The van der Waals surface area contributed by atoms with Crippen LogP contribution in [0.25, 0.3) is 10.2 Å². The molecule has 0 atom stereocenters. The molecule has 0 spiro atoms. The smallest absolute Gasteiger partial charge is 0.270 e. The maximum atomic E-state index is 13.4. The number of hydrogen-bond acceptors (Lipinski definition) is 5. The number of carbonyl (C=O) groups is 2. The van der Waals surface area contributed by atoms with Gasteiger partial charge < -0.3 is 14.8 Å². The van der Waals surface area contributed by atoms with Crippen molar-refractivity contribution in [1.29, 1.82) is 0 Å². The maximum Gasteiger partial charge on any atom is 0.270 e. The summed E-state index contributed by atoms with van der Waals surface area (Å²) in [7, 11) is 0. The van der Waals surface area contributed by atoms with Gasteiger partial charge in [0.2, 0.25) is 5.91 Å². The van der Waals surface area contributed by atoms with E-state index >= 15 is 0 Å². The quantitative estimate of drug-likeness (QED) is 0.456. The van der Waals surface area contributed by atoms with Crippen LogP contribution in [0.2, 0.25) is 0 Å². The Morgan fingerprint density at radius 2 is 1.88 bits per heavy atom. The number of nitrogens with zero attached hydrogens (tertiary/aromatic N) is 3. The predicted octanol–water partition coefficient (Wildman–Crippen LogP) is 4.84. The molecule has 1 aliphatic heterocycles. The topological polar surface area (TPSA) is 67.2 Å². The van der Waals surface area contributed by atoms with E-state index in [-0.39, 0.29) is 23.5 Å². The molecule has 1 N–H and O–H groups in total. The Morgan fingerprint density at radius 1 is 1.09 bits per heavy atom. The molecule has 3 aromatic heterocycles. The lowest BCUT2D eigenvalue weighted by molar-refractivity contribution is -0.121. The lowest BCUT2D eigenvalue weighted by Gasteiger charge is -2.31. The summed E-state index contributed by atoms with van der Waals surface area (Å²) < 4.78 is 16.4. The molecule has 1 saturated heterocycles. The van der Waals surface area contributed by atoms with E-state index in [1.807, 2.05) is 32.4 Å². The Hall–Kier alpha value is -3.04. The SMILES string of the molecule is O=C(Nc1nccs1)C1CCN(C(=O)c2cc3sccc3n2Cc2ccc(F)cc2)CC1. The number of fused-ring (bicyclic) bond motifs is 1. The van der Waals surface area contributed by atoms with Crippen molar-refractivity contribution in [1.82, 2.24) is 14.5 Å². The first-order chi connectivity index (χ1) is 15.6. The van der Waals surface area contributed by atoms with Gasteiger partial charge in [0.15, 0.2) is 5.13 Å². The number of rotatable bonds is 5. The second-order valence-corrected chi connectivity index (χ2v) is 9.65. The summed E-state index contributed by atoms with van der Waals surface area (Å²) in [5.74, 6) is -0.473. The molecule has 2 amide bonds. The fourth-order valence-electron chi connectivity index (χ4n) is 4.10. The lowest BCUT2D eigenvalue weighted by Crippen LogP contribution is -2.42. The number of halogens is 1. The van der Waals surface area contributed by atoms with Crippen LogP contribution in [-0.2, 0) is 11.3 Å². The molecule has 0 saturated carbocycles. The average molecular weight is 469 g/mol. The molecule has 5 rings (SSSR count). The van der Waals surface area contributed by atoms with Crippen molar-refractivity contribution in [3.05, 3.63) is 70.4 Å². The molecule has 0 bridgehead atoms. The van der Waals surface area contributed by atoms with Crippen LogP contribution in [0.15, 0.2) is 53.4 Å². The Kier molecular flexibility index (Phi) is 5.75. The first-order valence-corrected chi connectivity index (χ1v) is 12.2. The van der Waals surface area contributed by atoms with Gasteiger partial charge in [0.1, 0.15) is 11.5 Å². The minimum atomic E-state index is -0.278. The number of nitrogens with one attached hydrogen (secondary N) is 1. The molecule has 6 nitrogen and oxygen atoms in total. The zero-order valence-corrected chi connectivity index (χ0v) is 18.8. The molecule has 4 aromatic rings. The van der Waals surface area contributed by atoms with Crippen LogP contribution < -0.4 is 5.32 Å². The molecule has 32 heavy (non-hydrogen) atoms. The van der Waals surface area contributed by atoms with Crippen molar-refractivity contribution in [3.63, 3.8) is 0 Å². The summed E-state index contributed by atoms with van der Waals surface area (Å²) in [5, 5.41) is 7.29. The van der Waals surface area contributed by atoms with E-state index in [0.29, 0.717) is 43.3 Å².